The highest BCUT2D eigenvalue weighted by Crippen LogP contribution is 2.37. The molecule has 1 rings (SSSR count). The molecule has 6 heteroatoms. The highest BCUT2D eigenvalue weighted by atomic mass is 19.3. The summed E-state index contributed by atoms with van der Waals surface area (Å²) in [6.07, 6.45) is 6.85. The Labute approximate surface area is 159 Å². The molecule has 0 saturated heterocycles. The van der Waals surface area contributed by atoms with Crippen molar-refractivity contribution in [1.29, 1.82) is 0 Å². The van der Waals surface area contributed by atoms with Crippen LogP contribution in [0.5, 0.6) is 0 Å². The van der Waals surface area contributed by atoms with Gasteiger partial charge in [-0.05, 0) is 25.7 Å². The number of halogens is 2. The van der Waals surface area contributed by atoms with Crippen molar-refractivity contribution in [2.24, 2.45) is 11.8 Å². The number of hydrogen-bond acceptors (Lipinski definition) is 3. The largest absolute Gasteiger partial charge is 0.481 e. The van der Waals surface area contributed by atoms with E-state index in [-0.39, 0.29) is 36.9 Å². The number of aliphatic carboxylic acids is 1. The molecular formula is C21H30F2O4. The molecular weight excluding hydrogens is 354 g/mol. The zero-order chi connectivity index (χ0) is 20.4. The quantitative estimate of drug-likeness (QED) is 0.378. The Kier molecular flexibility index (Phi) is 9.56. The maximum Gasteiger partial charge on any atom is 0.303 e. The number of aliphatic hydroxyl groups is 1. The number of hydrogen-bond donors (Lipinski definition) is 2. The summed E-state index contributed by atoms with van der Waals surface area (Å²) in [6, 6.07) is 0. The van der Waals surface area contributed by atoms with E-state index in [4.69, 9.17) is 5.11 Å². The van der Waals surface area contributed by atoms with Crippen LogP contribution in [0.1, 0.15) is 58.3 Å². The molecule has 1 aliphatic carbocycles. The third kappa shape index (κ3) is 7.75. The average Bonchev–Trinajstić information content (AvgIpc) is 2.86. The van der Waals surface area contributed by atoms with E-state index in [9.17, 15) is 23.5 Å². The van der Waals surface area contributed by atoms with E-state index in [1.54, 1.807) is 0 Å². The van der Waals surface area contributed by atoms with E-state index in [1.165, 1.54) is 6.08 Å². The lowest BCUT2D eigenvalue weighted by molar-refractivity contribution is -0.137. The maximum atomic E-state index is 13.9. The molecule has 0 unspecified atom stereocenters. The molecule has 1 fully saturated rings. The smallest absolute Gasteiger partial charge is 0.303 e. The summed E-state index contributed by atoms with van der Waals surface area (Å²) in [5.41, 5.74) is 0.671. The number of carbonyl (C=O) groups excluding carboxylic acids is 1. The van der Waals surface area contributed by atoms with Gasteiger partial charge in [0.2, 0.25) is 0 Å². The molecule has 27 heavy (non-hydrogen) atoms. The van der Waals surface area contributed by atoms with Gasteiger partial charge in [-0.25, -0.2) is 8.78 Å². The van der Waals surface area contributed by atoms with Crippen molar-refractivity contribution in [3.05, 3.63) is 36.5 Å². The summed E-state index contributed by atoms with van der Waals surface area (Å²) in [7, 11) is 0. The molecule has 3 atom stereocenters. The molecule has 0 amide bonds. The summed E-state index contributed by atoms with van der Waals surface area (Å²) in [5, 5.41) is 18.4. The van der Waals surface area contributed by atoms with Gasteiger partial charge in [0, 0.05) is 31.1 Å². The monoisotopic (exact) mass is 384 g/mol. The highest BCUT2D eigenvalue weighted by Gasteiger charge is 2.38. The third-order valence-corrected chi connectivity index (χ3v) is 4.83. The lowest BCUT2D eigenvalue weighted by Crippen LogP contribution is -2.31. The van der Waals surface area contributed by atoms with Gasteiger partial charge in [0.05, 0.1) is 0 Å². The molecule has 0 radical (unpaired) electrons. The number of aliphatic hydroxyl groups excluding tert-OH is 1. The van der Waals surface area contributed by atoms with E-state index < -0.39 is 18.0 Å². The van der Waals surface area contributed by atoms with Crippen LogP contribution in [0.3, 0.4) is 0 Å². The number of Topliss-reactive ketones (excluding diaryl/α,β-unsaturated/α-hetero) is 1. The zero-order valence-electron chi connectivity index (χ0n) is 15.9. The minimum atomic E-state index is -3.18. The van der Waals surface area contributed by atoms with Gasteiger partial charge in [0.25, 0.3) is 5.92 Å². The number of carboxylic acid groups (broad SMARTS) is 1. The van der Waals surface area contributed by atoms with Gasteiger partial charge >= 0.3 is 5.97 Å². The van der Waals surface area contributed by atoms with Crippen LogP contribution in [0.25, 0.3) is 0 Å². The molecule has 0 bridgehead atoms. The van der Waals surface area contributed by atoms with E-state index in [1.807, 2.05) is 19.1 Å². The van der Waals surface area contributed by atoms with Gasteiger partial charge in [-0.2, -0.15) is 0 Å². The topological polar surface area (TPSA) is 74.6 Å². The maximum absolute atomic E-state index is 13.9. The van der Waals surface area contributed by atoms with Gasteiger partial charge in [0.1, 0.15) is 11.9 Å². The van der Waals surface area contributed by atoms with Gasteiger partial charge in [-0.1, -0.05) is 49.8 Å². The lowest BCUT2D eigenvalue weighted by atomic mass is 9.89. The normalized spacial score (nSPS) is 22.2. The van der Waals surface area contributed by atoms with Crippen LogP contribution in [0, 0.1) is 11.8 Å². The molecule has 0 aromatic carbocycles. The summed E-state index contributed by atoms with van der Waals surface area (Å²) in [6.45, 7) is 5.68. The Morgan fingerprint density at radius 3 is 2.70 bits per heavy atom. The molecule has 1 aliphatic rings. The molecule has 0 aliphatic heterocycles. The standard InChI is InChI=1S/C21H30F2O4/c1-3-4-13-21(22,23)19(25)12-11-16-15(2)14-18(24)17(16)9-7-5-6-8-10-20(26)27/h5,7,11-12,16-17,19,25H,2-4,6,8-10,13-14H2,1H3,(H,26,27)/t16-,17+,19+/m0/s1. The van der Waals surface area contributed by atoms with Gasteiger partial charge < -0.3 is 10.2 Å². The summed E-state index contributed by atoms with van der Waals surface area (Å²) in [5.74, 6) is -4.75. The van der Waals surface area contributed by atoms with E-state index >= 15 is 0 Å². The molecule has 2 N–H and O–H groups in total. The third-order valence-electron chi connectivity index (χ3n) is 4.83. The first-order chi connectivity index (χ1) is 12.7. The number of allylic oxidation sites excluding steroid dienone is 4. The second-order valence-corrected chi connectivity index (χ2v) is 7.12. The molecule has 0 aromatic heterocycles. The number of unbranched alkanes of at least 4 members (excludes halogenated alkanes) is 2. The van der Waals surface area contributed by atoms with E-state index in [0.717, 1.165) is 6.08 Å². The molecule has 0 aromatic rings. The van der Waals surface area contributed by atoms with Crippen LogP contribution in [0.15, 0.2) is 36.5 Å². The lowest BCUT2D eigenvalue weighted by Gasteiger charge is -2.21. The second kappa shape index (κ2) is 11.1. The minimum absolute atomic E-state index is 0.0112. The van der Waals surface area contributed by atoms with E-state index in [0.29, 0.717) is 37.7 Å². The SMILES string of the molecule is C=C1CC(=O)[C@H](CC=CCCCC(=O)O)[C@H]1C=C[C@@H](O)C(F)(F)CCCC. The fraction of sp³-hybridized carbons (Fsp3) is 0.619. The highest BCUT2D eigenvalue weighted by molar-refractivity contribution is 5.87. The Morgan fingerprint density at radius 1 is 1.37 bits per heavy atom. The first kappa shape index (κ1) is 23.2. The molecule has 4 nitrogen and oxygen atoms in total. The van der Waals surface area contributed by atoms with Crippen molar-refractivity contribution in [2.45, 2.75) is 70.3 Å². The predicted molar refractivity (Wildman–Crippen MR) is 101 cm³/mol. The van der Waals surface area contributed by atoms with Crippen molar-refractivity contribution >= 4 is 11.8 Å². The number of alkyl halides is 2. The fourth-order valence-corrected chi connectivity index (χ4v) is 3.16. The Hall–Kier alpha value is -1.82. The second-order valence-electron chi connectivity index (χ2n) is 7.12. The van der Waals surface area contributed by atoms with Crippen molar-refractivity contribution in [3.63, 3.8) is 0 Å². The molecule has 1 saturated carbocycles. The first-order valence-electron chi connectivity index (χ1n) is 9.50. The summed E-state index contributed by atoms with van der Waals surface area (Å²) >= 11 is 0. The number of carboxylic acids is 1. The van der Waals surface area contributed by atoms with Crippen molar-refractivity contribution in [2.75, 3.05) is 0 Å². The Balaban J connectivity index is 2.65. The molecule has 0 heterocycles. The van der Waals surface area contributed by atoms with Gasteiger partial charge in [-0.15, -0.1) is 0 Å². The van der Waals surface area contributed by atoms with Gasteiger partial charge in [0.15, 0.2) is 0 Å². The van der Waals surface area contributed by atoms with E-state index in [2.05, 4.69) is 6.58 Å². The van der Waals surface area contributed by atoms with Crippen LogP contribution < -0.4 is 0 Å². The average molecular weight is 384 g/mol. The van der Waals surface area contributed by atoms with Crippen LogP contribution >= 0.6 is 0 Å². The first-order valence-corrected chi connectivity index (χ1v) is 9.50. The minimum Gasteiger partial charge on any atom is -0.481 e. The molecule has 152 valence electrons. The van der Waals surface area contributed by atoms with Gasteiger partial charge in [-0.3, -0.25) is 9.59 Å². The number of carbonyl (C=O) groups is 2. The number of rotatable bonds is 12. The Bertz CT molecular complexity index is 581. The fourth-order valence-electron chi connectivity index (χ4n) is 3.16. The van der Waals surface area contributed by atoms with Crippen molar-refractivity contribution < 1.29 is 28.6 Å². The summed E-state index contributed by atoms with van der Waals surface area (Å²) < 4.78 is 27.8. The summed E-state index contributed by atoms with van der Waals surface area (Å²) in [4.78, 5) is 22.6. The van der Waals surface area contributed by atoms with Crippen LogP contribution in [-0.2, 0) is 9.59 Å². The van der Waals surface area contributed by atoms with Crippen LogP contribution in [-0.4, -0.2) is 34.0 Å². The van der Waals surface area contributed by atoms with Crippen LogP contribution in [0.2, 0.25) is 0 Å². The van der Waals surface area contributed by atoms with Crippen LogP contribution in [0.4, 0.5) is 8.78 Å². The van der Waals surface area contributed by atoms with Crippen molar-refractivity contribution in [3.8, 4) is 0 Å². The molecule has 0 spiro atoms. The predicted octanol–water partition coefficient (Wildman–Crippen LogP) is 4.69. The zero-order valence-corrected chi connectivity index (χ0v) is 15.9. The van der Waals surface area contributed by atoms with Crippen molar-refractivity contribution in [1.82, 2.24) is 0 Å². The Morgan fingerprint density at radius 2 is 2.07 bits per heavy atom. The number of ketones is 1.